The zero-order chi connectivity index (χ0) is 13.8. The Bertz CT molecular complexity index is 516. The maximum atomic E-state index is 10.2. The quantitative estimate of drug-likeness (QED) is 0.894. The molecule has 0 aliphatic rings. The molecule has 2 aromatic rings. The Kier molecular flexibility index (Phi) is 4.22. The number of rotatable bonds is 5. The molecule has 2 rings (SSSR count). The molecule has 1 atom stereocenters. The van der Waals surface area contributed by atoms with Gasteiger partial charge in [0.2, 0.25) is 0 Å². The first kappa shape index (κ1) is 13.6. The molecule has 4 nitrogen and oxygen atoms in total. The zero-order valence-electron chi connectivity index (χ0n) is 11.7. The maximum absolute atomic E-state index is 10.2. The van der Waals surface area contributed by atoms with E-state index in [1.54, 1.807) is 4.68 Å². The van der Waals surface area contributed by atoms with Crippen LogP contribution in [0.4, 0.5) is 5.69 Å². The summed E-state index contributed by atoms with van der Waals surface area (Å²) >= 11 is 0. The van der Waals surface area contributed by atoms with Gasteiger partial charge in [0.15, 0.2) is 0 Å². The summed E-state index contributed by atoms with van der Waals surface area (Å²) in [5.74, 6) is 0. The van der Waals surface area contributed by atoms with Gasteiger partial charge in [0.05, 0.1) is 12.3 Å². The van der Waals surface area contributed by atoms with E-state index in [-0.39, 0.29) is 0 Å². The third kappa shape index (κ3) is 3.58. The molecule has 4 heteroatoms. The fourth-order valence-electron chi connectivity index (χ4n) is 2.07. The van der Waals surface area contributed by atoms with Crippen LogP contribution in [0.25, 0.3) is 0 Å². The van der Waals surface area contributed by atoms with Gasteiger partial charge in [-0.1, -0.05) is 12.1 Å². The van der Waals surface area contributed by atoms with E-state index in [1.807, 2.05) is 62.7 Å². The van der Waals surface area contributed by atoms with Gasteiger partial charge in [-0.05, 0) is 36.1 Å². The molecule has 1 aromatic heterocycles. The minimum absolute atomic E-state index is 0.420. The largest absolute Gasteiger partial charge is 0.388 e. The number of anilines is 1. The smallest absolute Gasteiger partial charge is 0.0793 e. The van der Waals surface area contributed by atoms with Gasteiger partial charge in [-0.3, -0.25) is 4.68 Å². The van der Waals surface area contributed by atoms with Crippen LogP contribution in [-0.2, 0) is 13.5 Å². The molecule has 0 radical (unpaired) electrons. The van der Waals surface area contributed by atoms with Crippen LogP contribution in [0.3, 0.4) is 0 Å². The van der Waals surface area contributed by atoms with Crippen LogP contribution < -0.4 is 4.90 Å². The molecule has 0 aliphatic carbocycles. The molecule has 0 bridgehead atoms. The predicted octanol–water partition coefficient (Wildman–Crippen LogP) is 2.15. The molecule has 1 N–H and O–H groups in total. The Morgan fingerprint density at radius 2 is 1.95 bits per heavy atom. The van der Waals surface area contributed by atoms with Crippen molar-refractivity contribution < 1.29 is 5.11 Å². The highest BCUT2D eigenvalue weighted by Gasteiger charge is 2.08. The number of nitrogens with zero attached hydrogens (tertiary/aromatic N) is 3. The molecule has 19 heavy (non-hydrogen) atoms. The molecule has 1 unspecified atom stereocenters. The number of hydrogen-bond acceptors (Lipinski definition) is 3. The van der Waals surface area contributed by atoms with Gasteiger partial charge >= 0.3 is 0 Å². The molecule has 1 heterocycles. The van der Waals surface area contributed by atoms with Crippen LogP contribution in [0.1, 0.15) is 23.7 Å². The predicted molar refractivity (Wildman–Crippen MR) is 77.3 cm³/mol. The Balaban J connectivity index is 1.94. The first-order valence-electron chi connectivity index (χ1n) is 6.49. The number of benzene rings is 1. The van der Waals surface area contributed by atoms with Crippen LogP contribution in [0.2, 0.25) is 0 Å². The van der Waals surface area contributed by atoms with Crippen LogP contribution >= 0.6 is 0 Å². The van der Waals surface area contributed by atoms with Gasteiger partial charge < -0.3 is 10.0 Å². The van der Waals surface area contributed by atoms with Crippen molar-refractivity contribution in [2.24, 2.45) is 7.05 Å². The van der Waals surface area contributed by atoms with E-state index in [9.17, 15) is 5.11 Å². The second-order valence-electron chi connectivity index (χ2n) is 5.06. The lowest BCUT2D eigenvalue weighted by Crippen LogP contribution is -2.08. The summed E-state index contributed by atoms with van der Waals surface area (Å²) in [5.41, 5.74) is 3.27. The highest BCUT2D eigenvalue weighted by atomic mass is 16.3. The second-order valence-corrected chi connectivity index (χ2v) is 5.06. The number of aliphatic hydroxyl groups excluding tert-OH is 1. The number of aryl methyl sites for hydroxylation is 2. The fourth-order valence-corrected chi connectivity index (χ4v) is 2.07. The van der Waals surface area contributed by atoms with Crippen molar-refractivity contribution >= 4 is 5.69 Å². The van der Waals surface area contributed by atoms with Gasteiger partial charge in [0, 0.05) is 33.0 Å². The lowest BCUT2D eigenvalue weighted by atomic mass is 10.0. The second kappa shape index (κ2) is 5.89. The van der Waals surface area contributed by atoms with E-state index in [0.717, 1.165) is 23.2 Å². The van der Waals surface area contributed by atoms with E-state index in [4.69, 9.17) is 0 Å². The summed E-state index contributed by atoms with van der Waals surface area (Å²) in [6.45, 7) is 0. The third-order valence-corrected chi connectivity index (χ3v) is 3.26. The lowest BCUT2D eigenvalue weighted by Gasteiger charge is -2.15. The summed E-state index contributed by atoms with van der Waals surface area (Å²) < 4.78 is 1.79. The van der Waals surface area contributed by atoms with E-state index < -0.39 is 6.10 Å². The first-order valence-corrected chi connectivity index (χ1v) is 6.49. The standard InChI is InChI=1S/C15H21N3O/c1-17(2)14-7-5-13(6-8-14)15(19)9-4-12-10-16-18(3)11-12/h5-8,10-11,15,19H,4,9H2,1-3H3. The SMILES string of the molecule is CN(C)c1ccc(C(O)CCc2cnn(C)c2)cc1. The van der Waals surface area contributed by atoms with Gasteiger partial charge in [-0.15, -0.1) is 0 Å². The lowest BCUT2D eigenvalue weighted by molar-refractivity contribution is 0.168. The van der Waals surface area contributed by atoms with E-state index in [0.29, 0.717) is 6.42 Å². The average molecular weight is 259 g/mol. The molecule has 0 saturated heterocycles. The molecule has 1 aromatic carbocycles. The first-order chi connectivity index (χ1) is 9.06. The van der Waals surface area contributed by atoms with Crippen molar-refractivity contribution in [1.82, 2.24) is 9.78 Å². The Morgan fingerprint density at radius 3 is 2.47 bits per heavy atom. The molecular formula is C15H21N3O. The van der Waals surface area contributed by atoms with E-state index in [2.05, 4.69) is 5.10 Å². The van der Waals surface area contributed by atoms with E-state index >= 15 is 0 Å². The summed E-state index contributed by atoms with van der Waals surface area (Å²) in [5, 5.41) is 14.3. The number of aromatic nitrogens is 2. The van der Waals surface area contributed by atoms with Crippen molar-refractivity contribution in [2.45, 2.75) is 18.9 Å². The van der Waals surface area contributed by atoms with Gasteiger partial charge in [-0.25, -0.2) is 0 Å². The highest BCUT2D eigenvalue weighted by molar-refractivity contribution is 5.46. The van der Waals surface area contributed by atoms with Gasteiger partial charge in [0.25, 0.3) is 0 Å². The molecule has 0 saturated carbocycles. The molecule has 0 fully saturated rings. The molecule has 0 spiro atoms. The fraction of sp³-hybridized carbons (Fsp3) is 0.400. The average Bonchev–Trinajstić information content (AvgIpc) is 2.82. The molecule has 0 amide bonds. The van der Waals surface area contributed by atoms with Crippen LogP contribution in [-0.4, -0.2) is 29.0 Å². The van der Waals surface area contributed by atoms with Crippen molar-refractivity contribution in [3.63, 3.8) is 0 Å². The van der Waals surface area contributed by atoms with Crippen molar-refractivity contribution in [1.29, 1.82) is 0 Å². The third-order valence-electron chi connectivity index (χ3n) is 3.26. The molecule has 0 aliphatic heterocycles. The minimum atomic E-state index is -0.420. The molecule has 102 valence electrons. The van der Waals surface area contributed by atoms with Crippen LogP contribution in [0, 0.1) is 0 Å². The molecular weight excluding hydrogens is 238 g/mol. The van der Waals surface area contributed by atoms with Crippen LogP contribution in [0.5, 0.6) is 0 Å². The maximum Gasteiger partial charge on any atom is 0.0793 e. The summed E-state index contributed by atoms with van der Waals surface area (Å²) in [4.78, 5) is 2.05. The summed E-state index contributed by atoms with van der Waals surface area (Å²) in [6, 6.07) is 8.04. The normalized spacial score (nSPS) is 12.4. The Hall–Kier alpha value is -1.81. The van der Waals surface area contributed by atoms with Crippen LogP contribution in [0.15, 0.2) is 36.7 Å². The highest BCUT2D eigenvalue weighted by Crippen LogP contribution is 2.21. The summed E-state index contributed by atoms with van der Waals surface area (Å²) in [6.07, 6.45) is 4.97. The Morgan fingerprint density at radius 1 is 1.26 bits per heavy atom. The minimum Gasteiger partial charge on any atom is -0.388 e. The van der Waals surface area contributed by atoms with Gasteiger partial charge in [-0.2, -0.15) is 5.10 Å². The Labute approximate surface area is 114 Å². The summed E-state index contributed by atoms with van der Waals surface area (Å²) in [7, 11) is 5.92. The zero-order valence-corrected chi connectivity index (χ0v) is 11.7. The topological polar surface area (TPSA) is 41.3 Å². The van der Waals surface area contributed by atoms with Gasteiger partial charge in [0.1, 0.15) is 0 Å². The van der Waals surface area contributed by atoms with Crippen molar-refractivity contribution in [3.05, 3.63) is 47.8 Å². The van der Waals surface area contributed by atoms with Crippen molar-refractivity contribution in [2.75, 3.05) is 19.0 Å². The number of aliphatic hydroxyl groups is 1. The monoisotopic (exact) mass is 259 g/mol. The van der Waals surface area contributed by atoms with E-state index in [1.165, 1.54) is 0 Å². The number of hydrogen-bond donors (Lipinski definition) is 1. The van der Waals surface area contributed by atoms with Crippen molar-refractivity contribution in [3.8, 4) is 0 Å².